The SMILES string of the molecule is O=C(CCc1n[nH]c2c1CCCC2)NC1CCC(C(=O)N2CCCCC2)CC1. The molecular weight excluding hydrogens is 352 g/mol. The molecule has 1 aromatic heterocycles. The van der Waals surface area contributed by atoms with Crippen molar-refractivity contribution in [3.05, 3.63) is 17.0 Å². The van der Waals surface area contributed by atoms with Crippen molar-refractivity contribution in [2.75, 3.05) is 13.1 Å². The molecule has 2 heterocycles. The van der Waals surface area contributed by atoms with Gasteiger partial charge in [-0.25, -0.2) is 0 Å². The van der Waals surface area contributed by atoms with Gasteiger partial charge in [-0.2, -0.15) is 5.10 Å². The van der Waals surface area contributed by atoms with Crippen LogP contribution in [0.25, 0.3) is 0 Å². The van der Waals surface area contributed by atoms with Crippen molar-refractivity contribution in [1.29, 1.82) is 0 Å². The van der Waals surface area contributed by atoms with Crippen molar-refractivity contribution in [1.82, 2.24) is 20.4 Å². The Balaban J connectivity index is 1.19. The number of carbonyl (C=O) groups excluding carboxylic acids is 2. The van der Waals surface area contributed by atoms with Gasteiger partial charge in [-0.1, -0.05) is 0 Å². The number of piperidine rings is 1. The fourth-order valence-electron chi connectivity index (χ4n) is 5.15. The van der Waals surface area contributed by atoms with Gasteiger partial charge in [0.25, 0.3) is 0 Å². The molecule has 6 nitrogen and oxygen atoms in total. The number of hydrogen-bond donors (Lipinski definition) is 2. The molecular formula is C22H34N4O2. The Kier molecular flexibility index (Phi) is 6.33. The average Bonchev–Trinajstić information content (AvgIpc) is 3.16. The molecule has 1 aromatic rings. The number of carbonyl (C=O) groups is 2. The number of rotatable bonds is 5. The van der Waals surface area contributed by atoms with Gasteiger partial charge in [-0.05, 0) is 76.2 Å². The number of nitrogens with one attached hydrogen (secondary N) is 2. The van der Waals surface area contributed by atoms with Crippen LogP contribution in [0.5, 0.6) is 0 Å². The van der Waals surface area contributed by atoms with Gasteiger partial charge in [0.05, 0.1) is 5.69 Å². The van der Waals surface area contributed by atoms with Gasteiger partial charge >= 0.3 is 0 Å². The Labute approximate surface area is 167 Å². The van der Waals surface area contributed by atoms with Crippen LogP contribution < -0.4 is 5.32 Å². The van der Waals surface area contributed by atoms with E-state index in [2.05, 4.69) is 20.4 Å². The second kappa shape index (κ2) is 9.10. The highest BCUT2D eigenvalue weighted by Crippen LogP contribution is 2.27. The molecule has 0 radical (unpaired) electrons. The molecule has 0 spiro atoms. The number of likely N-dealkylation sites (tertiary alicyclic amines) is 1. The van der Waals surface area contributed by atoms with Crippen LogP contribution in [0.3, 0.4) is 0 Å². The van der Waals surface area contributed by atoms with Crippen LogP contribution >= 0.6 is 0 Å². The maximum absolute atomic E-state index is 12.7. The lowest BCUT2D eigenvalue weighted by Crippen LogP contribution is -2.43. The Bertz CT molecular complexity index is 685. The summed E-state index contributed by atoms with van der Waals surface area (Å²) >= 11 is 0. The van der Waals surface area contributed by atoms with Crippen LogP contribution in [0.2, 0.25) is 0 Å². The first kappa shape index (κ1) is 19.5. The number of aromatic nitrogens is 2. The molecule has 2 fully saturated rings. The average molecular weight is 387 g/mol. The van der Waals surface area contributed by atoms with Crippen LogP contribution in [-0.2, 0) is 28.9 Å². The Morgan fingerprint density at radius 1 is 1.00 bits per heavy atom. The number of hydrogen-bond acceptors (Lipinski definition) is 3. The van der Waals surface area contributed by atoms with Crippen LogP contribution in [0.4, 0.5) is 0 Å². The second-order valence-electron chi connectivity index (χ2n) is 8.84. The minimum absolute atomic E-state index is 0.123. The van der Waals surface area contributed by atoms with E-state index in [1.54, 1.807) is 0 Å². The van der Waals surface area contributed by atoms with E-state index in [9.17, 15) is 9.59 Å². The minimum Gasteiger partial charge on any atom is -0.353 e. The van der Waals surface area contributed by atoms with Crippen LogP contribution in [0, 0.1) is 5.92 Å². The first-order valence-corrected chi connectivity index (χ1v) is 11.3. The highest BCUT2D eigenvalue weighted by Gasteiger charge is 2.30. The van der Waals surface area contributed by atoms with E-state index in [-0.39, 0.29) is 17.9 Å². The summed E-state index contributed by atoms with van der Waals surface area (Å²) in [7, 11) is 0. The Morgan fingerprint density at radius 3 is 2.54 bits per heavy atom. The normalized spacial score (nSPS) is 25.2. The third-order valence-electron chi connectivity index (χ3n) is 6.84. The van der Waals surface area contributed by atoms with E-state index in [1.807, 2.05) is 0 Å². The van der Waals surface area contributed by atoms with Gasteiger partial charge in [-0.3, -0.25) is 14.7 Å². The van der Waals surface area contributed by atoms with Crippen LogP contribution in [-0.4, -0.2) is 46.0 Å². The molecule has 0 atom stereocenters. The van der Waals surface area contributed by atoms with Crippen molar-refractivity contribution in [3.8, 4) is 0 Å². The lowest BCUT2D eigenvalue weighted by atomic mass is 9.84. The van der Waals surface area contributed by atoms with E-state index in [4.69, 9.17) is 0 Å². The fourth-order valence-corrected chi connectivity index (χ4v) is 5.15. The van der Waals surface area contributed by atoms with Crippen LogP contribution in [0.1, 0.15) is 81.2 Å². The van der Waals surface area contributed by atoms with Crippen molar-refractivity contribution in [2.24, 2.45) is 5.92 Å². The van der Waals surface area contributed by atoms with Crippen molar-refractivity contribution < 1.29 is 9.59 Å². The summed E-state index contributed by atoms with van der Waals surface area (Å²) in [5, 5.41) is 10.8. The number of amides is 2. The number of nitrogens with zero attached hydrogens (tertiary/aromatic N) is 2. The van der Waals surface area contributed by atoms with Gasteiger partial charge in [0.15, 0.2) is 0 Å². The van der Waals surface area contributed by atoms with Gasteiger partial charge < -0.3 is 10.2 Å². The lowest BCUT2D eigenvalue weighted by molar-refractivity contribution is -0.137. The number of aromatic amines is 1. The molecule has 1 aliphatic heterocycles. The molecule has 154 valence electrons. The predicted molar refractivity (Wildman–Crippen MR) is 108 cm³/mol. The third kappa shape index (κ3) is 4.58. The first-order valence-electron chi connectivity index (χ1n) is 11.3. The monoisotopic (exact) mass is 386 g/mol. The van der Waals surface area contributed by atoms with E-state index >= 15 is 0 Å². The van der Waals surface area contributed by atoms with Crippen molar-refractivity contribution in [3.63, 3.8) is 0 Å². The molecule has 2 amide bonds. The van der Waals surface area contributed by atoms with Gasteiger partial charge in [0.1, 0.15) is 0 Å². The van der Waals surface area contributed by atoms with Crippen LogP contribution in [0.15, 0.2) is 0 Å². The molecule has 2 N–H and O–H groups in total. The molecule has 0 unspecified atom stereocenters. The Morgan fingerprint density at radius 2 is 1.75 bits per heavy atom. The molecule has 1 saturated carbocycles. The van der Waals surface area contributed by atoms with E-state index in [0.717, 1.165) is 76.6 Å². The van der Waals surface area contributed by atoms with Gasteiger partial charge in [0.2, 0.25) is 11.8 Å². The lowest BCUT2D eigenvalue weighted by Gasteiger charge is -2.34. The summed E-state index contributed by atoms with van der Waals surface area (Å²) in [6.45, 7) is 1.87. The molecule has 3 aliphatic rings. The molecule has 2 aliphatic carbocycles. The van der Waals surface area contributed by atoms with E-state index < -0.39 is 0 Å². The maximum Gasteiger partial charge on any atom is 0.225 e. The topological polar surface area (TPSA) is 78.1 Å². The molecule has 28 heavy (non-hydrogen) atoms. The fraction of sp³-hybridized carbons (Fsp3) is 0.773. The van der Waals surface area contributed by atoms with E-state index in [1.165, 1.54) is 30.5 Å². The molecule has 4 rings (SSSR count). The summed E-state index contributed by atoms with van der Waals surface area (Å²) in [6.07, 6.45) is 13.1. The van der Waals surface area contributed by atoms with Gasteiger partial charge in [0, 0.05) is 43.6 Å². The summed E-state index contributed by atoms with van der Waals surface area (Å²) in [5.74, 6) is 0.646. The number of fused-ring (bicyclic) bond motifs is 1. The zero-order valence-electron chi connectivity index (χ0n) is 17.0. The van der Waals surface area contributed by atoms with E-state index in [0.29, 0.717) is 12.3 Å². The van der Waals surface area contributed by atoms with Crippen molar-refractivity contribution >= 4 is 11.8 Å². The number of aryl methyl sites for hydroxylation is 2. The molecule has 6 heteroatoms. The quantitative estimate of drug-likeness (QED) is 0.817. The molecule has 0 bridgehead atoms. The maximum atomic E-state index is 12.7. The highest BCUT2D eigenvalue weighted by molar-refractivity contribution is 5.79. The summed E-state index contributed by atoms with van der Waals surface area (Å²) in [6, 6.07) is 0.228. The molecule has 1 saturated heterocycles. The summed E-state index contributed by atoms with van der Waals surface area (Å²) < 4.78 is 0. The summed E-state index contributed by atoms with van der Waals surface area (Å²) in [4.78, 5) is 27.1. The predicted octanol–water partition coefficient (Wildman–Crippen LogP) is 2.91. The number of H-pyrrole nitrogens is 1. The zero-order valence-corrected chi connectivity index (χ0v) is 17.0. The highest BCUT2D eigenvalue weighted by atomic mass is 16.2. The summed E-state index contributed by atoms with van der Waals surface area (Å²) in [5.41, 5.74) is 3.72. The largest absolute Gasteiger partial charge is 0.353 e. The first-order chi connectivity index (χ1) is 13.7. The van der Waals surface area contributed by atoms with Crippen molar-refractivity contribution in [2.45, 2.75) is 89.5 Å². The molecule has 0 aromatic carbocycles. The standard InChI is InChI=1S/C22H34N4O2/c27-21(13-12-20-18-6-2-3-7-19(18)24-25-20)23-17-10-8-16(9-11-17)22(28)26-14-4-1-5-15-26/h16-17H,1-15H2,(H,23,27)(H,24,25). The smallest absolute Gasteiger partial charge is 0.225 e. The second-order valence-corrected chi connectivity index (χ2v) is 8.84. The third-order valence-corrected chi connectivity index (χ3v) is 6.84. The van der Waals surface area contributed by atoms with Gasteiger partial charge in [-0.15, -0.1) is 0 Å². The Hall–Kier alpha value is -1.85. The minimum atomic E-state index is 0.123. The zero-order chi connectivity index (χ0) is 19.3.